The van der Waals surface area contributed by atoms with E-state index in [1.54, 1.807) is 0 Å². The molecule has 104 valence electrons. The van der Waals surface area contributed by atoms with Crippen LogP contribution >= 0.6 is 0 Å². The van der Waals surface area contributed by atoms with Gasteiger partial charge in [0.05, 0.1) is 0 Å². The SMILES string of the molecule is CCCC1CCCCN1C(=O)C(N)c1ccccc1. The summed E-state index contributed by atoms with van der Waals surface area (Å²) in [4.78, 5) is 14.6. The molecule has 0 saturated carbocycles. The van der Waals surface area contributed by atoms with Crippen molar-refractivity contribution in [2.45, 2.75) is 51.1 Å². The summed E-state index contributed by atoms with van der Waals surface area (Å²) >= 11 is 0. The van der Waals surface area contributed by atoms with Crippen LogP contribution in [0.3, 0.4) is 0 Å². The van der Waals surface area contributed by atoms with E-state index in [1.807, 2.05) is 35.2 Å². The molecule has 2 unspecified atom stereocenters. The summed E-state index contributed by atoms with van der Waals surface area (Å²) in [6.07, 6.45) is 5.67. The lowest BCUT2D eigenvalue weighted by Crippen LogP contribution is -2.47. The highest BCUT2D eigenvalue weighted by Crippen LogP contribution is 2.24. The monoisotopic (exact) mass is 260 g/mol. The molecule has 1 saturated heterocycles. The standard InChI is InChI=1S/C16H24N2O/c1-2-8-14-11-6-7-12-18(14)16(19)15(17)13-9-4-3-5-10-13/h3-5,9-10,14-15H,2,6-8,11-12,17H2,1H3. The summed E-state index contributed by atoms with van der Waals surface area (Å²) in [6.45, 7) is 3.04. The number of piperidine rings is 1. The Labute approximate surface area is 115 Å². The Morgan fingerprint density at radius 1 is 1.37 bits per heavy atom. The molecule has 0 aliphatic carbocycles. The van der Waals surface area contributed by atoms with E-state index in [0.717, 1.165) is 37.8 Å². The average Bonchev–Trinajstić information content (AvgIpc) is 2.47. The molecule has 1 fully saturated rings. The number of amides is 1. The summed E-state index contributed by atoms with van der Waals surface area (Å²) in [6, 6.07) is 9.55. The van der Waals surface area contributed by atoms with E-state index < -0.39 is 6.04 Å². The van der Waals surface area contributed by atoms with Crippen molar-refractivity contribution in [3.8, 4) is 0 Å². The molecule has 3 nitrogen and oxygen atoms in total. The third kappa shape index (κ3) is 3.35. The molecule has 0 bridgehead atoms. The second-order valence-corrected chi connectivity index (χ2v) is 5.36. The van der Waals surface area contributed by atoms with Crippen molar-refractivity contribution < 1.29 is 4.79 Å². The Morgan fingerprint density at radius 2 is 2.11 bits per heavy atom. The minimum atomic E-state index is -0.515. The van der Waals surface area contributed by atoms with Crippen molar-refractivity contribution in [3.05, 3.63) is 35.9 Å². The molecule has 2 rings (SSSR count). The Hall–Kier alpha value is -1.35. The van der Waals surface area contributed by atoms with Crippen LogP contribution in [0, 0.1) is 0 Å². The van der Waals surface area contributed by atoms with Gasteiger partial charge in [-0.25, -0.2) is 0 Å². The highest BCUT2D eigenvalue weighted by atomic mass is 16.2. The minimum Gasteiger partial charge on any atom is -0.338 e. The number of hydrogen-bond acceptors (Lipinski definition) is 2. The van der Waals surface area contributed by atoms with Crippen LogP contribution in [0.4, 0.5) is 0 Å². The molecule has 0 spiro atoms. The molecule has 0 aromatic heterocycles. The van der Waals surface area contributed by atoms with Crippen molar-refractivity contribution in [3.63, 3.8) is 0 Å². The first-order chi connectivity index (χ1) is 9.24. The van der Waals surface area contributed by atoms with E-state index >= 15 is 0 Å². The Morgan fingerprint density at radius 3 is 2.79 bits per heavy atom. The van der Waals surface area contributed by atoms with E-state index in [9.17, 15) is 4.79 Å². The maximum atomic E-state index is 12.6. The quantitative estimate of drug-likeness (QED) is 0.904. The van der Waals surface area contributed by atoms with Gasteiger partial charge in [0.25, 0.3) is 0 Å². The van der Waals surface area contributed by atoms with E-state index in [4.69, 9.17) is 5.73 Å². The van der Waals surface area contributed by atoms with Gasteiger partial charge in [0.15, 0.2) is 0 Å². The van der Waals surface area contributed by atoms with Crippen LogP contribution in [0.2, 0.25) is 0 Å². The number of hydrogen-bond donors (Lipinski definition) is 1. The number of nitrogens with two attached hydrogens (primary N) is 1. The molecular formula is C16H24N2O. The second-order valence-electron chi connectivity index (χ2n) is 5.36. The van der Waals surface area contributed by atoms with Gasteiger partial charge in [-0.15, -0.1) is 0 Å². The van der Waals surface area contributed by atoms with E-state index in [1.165, 1.54) is 6.42 Å². The molecule has 1 aliphatic heterocycles. The number of benzene rings is 1. The number of likely N-dealkylation sites (tertiary alicyclic amines) is 1. The molecule has 1 aromatic rings. The van der Waals surface area contributed by atoms with Gasteiger partial charge in [-0.05, 0) is 31.2 Å². The summed E-state index contributed by atoms with van der Waals surface area (Å²) in [7, 11) is 0. The number of nitrogens with zero attached hydrogens (tertiary/aromatic N) is 1. The Kier molecular flexibility index (Phi) is 4.97. The Balaban J connectivity index is 2.08. The van der Waals surface area contributed by atoms with Crippen LogP contribution in [-0.2, 0) is 4.79 Å². The van der Waals surface area contributed by atoms with Crippen LogP contribution in [-0.4, -0.2) is 23.4 Å². The van der Waals surface area contributed by atoms with Crippen molar-refractivity contribution in [2.24, 2.45) is 5.73 Å². The van der Waals surface area contributed by atoms with Gasteiger partial charge in [-0.2, -0.15) is 0 Å². The molecule has 1 amide bonds. The minimum absolute atomic E-state index is 0.0874. The third-order valence-corrected chi connectivity index (χ3v) is 3.96. The van der Waals surface area contributed by atoms with Gasteiger partial charge in [-0.1, -0.05) is 43.7 Å². The molecule has 1 aromatic carbocycles. The summed E-state index contributed by atoms with van der Waals surface area (Å²) in [5.74, 6) is 0.0874. The first kappa shape index (κ1) is 14.1. The van der Waals surface area contributed by atoms with Crippen molar-refractivity contribution in [1.82, 2.24) is 4.90 Å². The Bertz CT molecular complexity index is 402. The first-order valence-electron chi connectivity index (χ1n) is 7.35. The van der Waals surface area contributed by atoms with Gasteiger partial charge in [0.1, 0.15) is 6.04 Å². The molecule has 0 radical (unpaired) electrons. The largest absolute Gasteiger partial charge is 0.338 e. The maximum Gasteiger partial charge on any atom is 0.244 e. The van der Waals surface area contributed by atoms with Crippen molar-refractivity contribution >= 4 is 5.91 Å². The zero-order valence-corrected chi connectivity index (χ0v) is 11.7. The highest BCUT2D eigenvalue weighted by molar-refractivity contribution is 5.83. The molecule has 1 heterocycles. The molecule has 1 aliphatic rings. The van der Waals surface area contributed by atoms with Gasteiger partial charge in [-0.3, -0.25) is 4.79 Å². The predicted molar refractivity (Wildman–Crippen MR) is 77.6 cm³/mol. The predicted octanol–water partition coefficient (Wildman–Crippen LogP) is 2.87. The smallest absolute Gasteiger partial charge is 0.244 e. The molecule has 3 heteroatoms. The lowest BCUT2D eigenvalue weighted by atomic mass is 9.96. The van der Waals surface area contributed by atoms with E-state index in [0.29, 0.717) is 6.04 Å². The van der Waals surface area contributed by atoms with Crippen LogP contribution in [0.25, 0.3) is 0 Å². The fourth-order valence-electron chi connectivity index (χ4n) is 2.91. The topological polar surface area (TPSA) is 46.3 Å². The van der Waals surface area contributed by atoms with Gasteiger partial charge in [0, 0.05) is 12.6 Å². The normalized spacial score (nSPS) is 21.2. The van der Waals surface area contributed by atoms with E-state index in [-0.39, 0.29) is 5.91 Å². The summed E-state index contributed by atoms with van der Waals surface area (Å²) in [5.41, 5.74) is 7.05. The van der Waals surface area contributed by atoms with E-state index in [2.05, 4.69) is 6.92 Å². The molecule has 2 atom stereocenters. The fraction of sp³-hybridized carbons (Fsp3) is 0.562. The second kappa shape index (κ2) is 6.71. The zero-order valence-electron chi connectivity index (χ0n) is 11.7. The lowest BCUT2D eigenvalue weighted by Gasteiger charge is -2.37. The van der Waals surface area contributed by atoms with Crippen LogP contribution < -0.4 is 5.73 Å². The first-order valence-corrected chi connectivity index (χ1v) is 7.35. The fourth-order valence-corrected chi connectivity index (χ4v) is 2.91. The van der Waals surface area contributed by atoms with Gasteiger partial charge >= 0.3 is 0 Å². The molecule has 19 heavy (non-hydrogen) atoms. The molecular weight excluding hydrogens is 236 g/mol. The van der Waals surface area contributed by atoms with Crippen molar-refractivity contribution in [2.75, 3.05) is 6.54 Å². The average molecular weight is 260 g/mol. The molecule has 2 N–H and O–H groups in total. The highest BCUT2D eigenvalue weighted by Gasteiger charge is 2.29. The number of rotatable bonds is 4. The zero-order chi connectivity index (χ0) is 13.7. The van der Waals surface area contributed by atoms with Crippen LogP contribution in [0.15, 0.2) is 30.3 Å². The summed E-state index contributed by atoms with van der Waals surface area (Å²) < 4.78 is 0. The van der Waals surface area contributed by atoms with Crippen LogP contribution in [0.5, 0.6) is 0 Å². The van der Waals surface area contributed by atoms with Gasteiger partial charge < -0.3 is 10.6 Å². The number of carbonyl (C=O) groups is 1. The number of carbonyl (C=O) groups excluding carboxylic acids is 1. The van der Waals surface area contributed by atoms with Gasteiger partial charge in [0.2, 0.25) is 5.91 Å². The van der Waals surface area contributed by atoms with Crippen LogP contribution in [0.1, 0.15) is 50.6 Å². The summed E-state index contributed by atoms with van der Waals surface area (Å²) in [5, 5.41) is 0. The third-order valence-electron chi connectivity index (χ3n) is 3.96. The maximum absolute atomic E-state index is 12.6. The lowest BCUT2D eigenvalue weighted by molar-refractivity contribution is -0.136. The van der Waals surface area contributed by atoms with Crippen molar-refractivity contribution in [1.29, 1.82) is 0 Å².